The van der Waals surface area contributed by atoms with Crippen molar-refractivity contribution in [3.8, 4) is 11.4 Å². The number of aryl methyl sites for hydroxylation is 1. The van der Waals surface area contributed by atoms with Crippen LogP contribution >= 0.6 is 0 Å². The molecule has 0 bridgehead atoms. The number of rotatable bonds is 8. The fraction of sp³-hybridized carbons (Fsp3) is 0.471. The maximum atomic E-state index is 12.4. The molecule has 8 nitrogen and oxygen atoms in total. The Morgan fingerprint density at radius 2 is 1.92 bits per heavy atom. The van der Waals surface area contributed by atoms with Crippen molar-refractivity contribution in [2.75, 3.05) is 26.9 Å². The van der Waals surface area contributed by atoms with Crippen molar-refractivity contribution >= 4 is 5.91 Å². The topological polar surface area (TPSA) is 104 Å². The van der Waals surface area contributed by atoms with Gasteiger partial charge in [-0.05, 0) is 45.0 Å². The van der Waals surface area contributed by atoms with E-state index in [1.807, 2.05) is 38.1 Å². The average Bonchev–Trinajstić information content (AvgIpc) is 2.97. The molecule has 1 heterocycles. The van der Waals surface area contributed by atoms with Gasteiger partial charge < -0.3 is 20.5 Å². The van der Waals surface area contributed by atoms with Gasteiger partial charge in [-0.2, -0.15) is 9.90 Å². The summed E-state index contributed by atoms with van der Waals surface area (Å²) in [5, 5.41) is 11.5. The highest BCUT2D eigenvalue weighted by atomic mass is 16.5. The molecule has 1 aromatic carbocycles. The molecule has 0 aliphatic carbocycles. The number of hydrogen-bond acceptors (Lipinski definition) is 6. The van der Waals surface area contributed by atoms with E-state index in [2.05, 4.69) is 15.5 Å². The van der Waals surface area contributed by atoms with Gasteiger partial charge in [-0.3, -0.25) is 4.79 Å². The largest absolute Gasteiger partial charge is 0.491 e. The minimum absolute atomic E-state index is 0.280. The molecule has 0 aliphatic heterocycles. The second-order valence-corrected chi connectivity index (χ2v) is 6.30. The van der Waals surface area contributed by atoms with Crippen LogP contribution in [0.2, 0.25) is 0 Å². The van der Waals surface area contributed by atoms with E-state index in [-0.39, 0.29) is 11.6 Å². The van der Waals surface area contributed by atoms with Gasteiger partial charge in [0.2, 0.25) is 0 Å². The van der Waals surface area contributed by atoms with Gasteiger partial charge in [-0.25, -0.2) is 0 Å². The van der Waals surface area contributed by atoms with Gasteiger partial charge in [-0.15, -0.1) is 5.10 Å². The number of nitrogens with one attached hydrogen (secondary N) is 1. The van der Waals surface area contributed by atoms with Gasteiger partial charge in [0.05, 0.1) is 18.0 Å². The number of amides is 1. The summed E-state index contributed by atoms with van der Waals surface area (Å²) in [5.74, 6) is 0.436. The second-order valence-electron chi connectivity index (χ2n) is 6.30. The van der Waals surface area contributed by atoms with Crippen LogP contribution in [-0.2, 0) is 4.74 Å². The predicted molar refractivity (Wildman–Crippen MR) is 94.1 cm³/mol. The minimum atomic E-state index is -0.505. The molecular formula is C17H25N5O3. The number of hydrogen-bond donors (Lipinski definition) is 2. The number of nitrogens with two attached hydrogens (primary N) is 1. The Hall–Kier alpha value is -2.45. The molecule has 0 unspecified atom stereocenters. The fourth-order valence-corrected chi connectivity index (χ4v) is 2.04. The Morgan fingerprint density at radius 3 is 2.52 bits per heavy atom. The van der Waals surface area contributed by atoms with E-state index in [1.165, 1.54) is 4.80 Å². The molecule has 2 rings (SSSR count). The summed E-state index contributed by atoms with van der Waals surface area (Å²) in [7, 11) is 1.63. The summed E-state index contributed by atoms with van der Waals surface area (Å²) >= 11 is 0. The third kappa shape index (κ3) is 5.01. The molecule has 0 saturated carbocycles. The highest BCUT2D eigenvalue weighted by Gasteiger charge is 2.23. The number of carbonyl (C=O) groups excluding carboxylic acids is 1. The Kier molecular flexibility index (Phi) is 6.11. The normalized spacial score (nSPS) is 11.4. The first-order chi connectivity index (χ1) is 11.9. The van der Waals surface area contributed by atoms with Crippen molar-refractivity contribution in [2.24, 2.45) is 5.73 Å². The summed E-state index contributed by atoms with van der Waals surface area (Å²) in [6.45, 7) is 6.79. The van der Waals surface area contributed by atoms with E-state index >= 15 is 0 Å². The third-order valence-electron chi connectivity index (χ3n) is 3.58. The van der Waals surface area contributed by atoms with Crippen LogP contribution in [0.5, 0.6) is 5.75 Å². The van der Waals surface area contributed by atoms with E-state index in [9.17, 15) is 4.79 Å². The van der Waals surface area contributed by atoms with Crippen molar-refractivity contribution in [2.45, 2.75) is 26.3 Å². The highest BCUT2D eigenvalue weighted by Crippen LogP contribution is 2.15. The molecule has 0 radical (unpaired) electrons. The molecule has 136 valence electrons. The first kappa shape index (κ1) is 18.9. The van der Waals surface area contributed by atoms with Crippen LogP contribution in [0.1, 0.15) is 30.0 Å². The zero-order valence-corrected chi connectivity index (χ0v) is 15.1. The van der Waals surface area contributed by atoms with Crippen LogP contribution < -0.4 is 15.8 Å². The fourth-order valence-electron chi connectivity index (χ4n) is 2.04. The van der Waals surface area contributed by atoms with Gasteiger partial charge in [0.15, 0.2) is 5.69 Å². The van der Waals surface area contributed by atoms with Crippen LogP contribution in [-0.4, -0.2) is 53.3 Å². The summed E-state index contributed by atoms with van der Waals surface area (Å²) in [4.78, 5) is 13.8. The Labute approximate surface area is 147 Å². The maximum Gasteiger partial charge on any atom is 0.274 e. The quantitative estimate of drug-likeness (QED) is 0.692. The lowest BCUT2D eigenvalue weighted by atomic mass is 10.1. The lowest BCUT2D eigenvalue weighted by Crippen LogP contribution is -2.49. The van der Waals surface area contributed by atoms with Crippen LogP contribution in [0.15, 0.2) is 24.3 Å². The monoisotopic (exact) mass is 347 g/mol. The third-order valence-corrected chi connectivity index (χ3v) is 3.58. The van der Waals surface area contributed by atoms with Crippen LogP contribution in [0.4, 0.5) is 0 Å². The number of benzene rings is 1. The molecule has 0 atom stereocenters. The molecule has 1 aromatic heterocycles. The molecule has 0 fully saturated rings. The minimum Gasteiger partial charge on any atom is -0.491 e. The van der Waals surface area contributed by atoms with E-state index < -0.39 is 5.54 Å². The van der Waals surface area contributed by atoms with Gasteiger partial charge in [-0.1, -0.05) is 0 Å². The van der Waals surface area contributed by atoms with Crippen LogP contribution in [0, 0.1) is 6.92 Å². The molecule has 25 heavy (non-hydrogen) atoms. The molecule has 8 heteroatoms. The zero-order chi connectivity index (χ0) is 18.4. The summed E-state index contributed by atoms with van der Waals surface area (Å²) in [6, 6.07) is 7.29. The molecule has 2 aromatic rings. The number of aromatic nitrogens is 3. The van der Waals surface area contributed by atoms with Crippen molar-refractivity contribution in [3.63, 3.8) is 0 Å². The standard InChI is InChI=1S/C17H25N5O3/c1-12-15(16(23)19-17(2,3)11-18)21-22(20-12)13-5-7-14(8-6-13)25-10-9-24-4/h5-8H,9-11,18H2,1-4H3,(H,19,23). The predicted octanol–water partition coefficient (Wildman–Crippen LogP) is 1.07. The van der Waals surface area contributed by atoms with Crippen molar-refractivity contribution in [1.29, 1.82) is 0 Å². The summed E-state index contributed by atoms with van der Waals surface area (Å²) < 4.78 is 10.5. The Balaban J connectivity index is 2.12. The Bertz CT molecular complexity index is 710. The highest BCUT2D eigenvalue weighted by molar-refractivity contribution is 5.93. The van der Waals surface area contributed by atoms with Crippen molar-refractivity contribution < 1.29 is 14.3 Å². The zero-order valence-electron chi connectivity index (χ0n) is 15.1. The number of ether oxygens (including phenoxy) is 2. The molecular weight excluding hydrogens is 322 g/mol. The Morgan fingerprint density at radius 1 is 1.24 bits per heavy atom. The summed E-state index contributed by atoms with van der Waals surface area (Å²) in [6.07, 6.45) is 0. The molecule has 1 amide bonds. The number of carbonyl (C=O) groups is 1. The molecule has 0 aliphatic rings. The lowest BCUT2D eigenvalue weighted by molar-refractivity contribution is 0.0909. The van der Waals surface area contributed by atoms with Crippen LogP contribution in [0.25, 0.3) is 5.69 Å². The average molecular weight is 347 g/mol. The van der Waals surface area contributed by atoms with Gasteiger partial charge in [0.1, 0.15) is 12.4 Å². The van der Waals surface area contributed by atoms with Crippen LogP contribution in [0.3, 0.4) is 0 Å². The lowest BCUT2D eigenvalue weighted by Gasteiger charge is -2.23. The van der Waals surface area contributed by atoms with Gasteiger partial charge in [0, 0.05) is 19.2 Å². The van der Waals surface area contributed by atoms with Crippen molar-refractivity contribution in [3.05, 3.63) is 35.7 Å². The first-order valence-electron chi connectivity index (χ1n) is 8.05. The number of nitrogens with zero attached hydrogens (tertiary/aromatic N) is 3. The molecule has 0 spiro atoms. The van der Waals surface area contributed by atoms with E-state index in [4.69, 9.17) is 15.2 Å². The second kappa shape index (κ2) is 8.09. The SMILES string of the molecule is COCCOc1ccc(-n2nc(C)c(C(=O)NC(C)(C)CN)n2)cc1. The van der Waals surface area contributed by atoms with E-state index in [0.29, 0.717) is 25.5 Å². The molecule has 3 N–H and O–H groups in total. The van der Waals surface area contributed by atoms with E-state index in [0.717, 1.165) is 11.4 Å². The number of methoxy groups -OCH3 is 1. The van der Waals surface area contributed by atoms with Gasteiger partial charge >= 0.3 is 0 Å². The maximum absolute atomic E-state index is 12.4. The first-order valence-corrected chi connectivity index (χ1v) is 8.05. The van der Waals surface area contributed by atoms with Crippen molar-refractivity contribution in [1.82, 2.24) is 20.3 Å². The summed E-state index contributed by atoms with van der Waals surface area (Å²) in [5.41, 5.74) is 6.71. The molecule has 0 saturated heterocycles. The van der Waals surface area contributed by atoms with E-state index in [1.54, 1.807) is 14.0 Å². The van der Waals surface area contributed by atoms with Gasteiger partial charge in [0.25, 0.3) is 5.91 Å². The smallest absolute Gasteiger partial charge is 0.274 e.